The van der Waals surface area contributed by atoms with Crippen molar-refractivity contribution in [2.75, 3.05) is 0 Å². The molecule has 2 heterocycles. The second-order valence-corrected chi connectivity index (χ2v) is 4.71. The van der Waals surface area contributed by atoms with Crippen LogP contribution in [0, 0.1) is 0 Å². The minimum absolute atomic E-state index is 0.193. The summed E-state index contributed by atoms with van der Waals surface area (Å²) in [6.07, 6.45) is 6.54. The number of pyridine rings is 1. The van der Waals surface area contributed by atoms with E-state index in [9.17, 15) is 4.79 Å². The van der Waals surface area contributed by atoms with Gasteiger partial charge in [-0.1, -0.05) is 17.7 Å². The maximum atomic E-state index is 12.0. The molecule has 4 heteroatoms. The topological polar surface area (TPSA) is 43.1 Å². The monoisotopic (exact) mass is 283 g/mol. The zero-order valence-electron chi connectivity index (χ0n) is 10.4. The first-order valence-electron chi connectivity index (χ1n) is 6.04. The van der Waals surface area contributed by atoms with Crippen molar-refractivity contribution in [2.45, 2.75) is 0 Å². The Morgan fingerprint density at radius 1 is 1.25 bits per heavy atom. The van der Waals surface area contributed by atoms with Crippen molar-refractivity contribution in [2.24, 2.45) is 0 Å². The lowest BCUT2D eigenvalue weighted by atomic mass is 10.2. The first-order chi connectivity index (χ1) is 9.72. The molecule has 1 aromatic carbocycles. The van der Waals surface area contributed by atoms with Gasteiger partial charge in [0.25, 0.3) is 0 Å². The molecule has 3 aromatic rings. The highest BCUT2D eigenvalue weighted by Crippen LogP contribution is 2.23. The number of aromatic nitrogens is 1. The van der Waals surface area contributed by atoms with Crippen molar-refractivity contribution in [3.8, 4) is 0 Å². The quantitative estimate of drug-likeness (QED) is 0.529. The molecule has 3 nitrogen and oxygen atoms in total. The van der Waals surface area contributed by atoms with Crippen LogP contribution in [0.2, 0.25) is 5.02 Å². The fraction of sp³-hybridized carbons (Fsp3) is 0. The van der Waals surface area contributed by atoms with E-state index in [0.29, 0.717) is 16.4 Å². The van der Waals surface area contributed by atoms with E-state index in [2.05, 4.69) is 4.98 Å². The number of ketones is 1. The number of carbonyl (C=O) groups excluding carboxylic acids is 1. The lowest BCUT2D eigenvalue weighted by molar-refractivity contribution is 0.102. The fourth-order valence-electron chi connectivity index (χ4n) is 1.86. The highest BCUT2D eigenvalue weighted by atomic mass is 35.5. The zero-order valence-corrected chi connectivity index (χ0v) is 11.2. The van der Waals surface area contributed by atoms with Gasteiger partial charge in [0.1, 0.15) is 5.58 Å². The average molecular weight is 284 g/mol. The Balaban J connectivity index is 1.87. The van der Waals surface area contributed by atoms with Crippen LogP contribution < -0.4 is 0 Å². The summed E-state index contributed by atoms with van der Waals surface area (Å²) in [6.45, 7) is 0. The van der Waals surface area contributed by atoms with Crippen LogP contribution in [-0.2, 0) is 0 Å². The van der Waals surface area contributed by atoms with Crippen molar-refractivity contribution in [1.29, 1.82) is 0 Å². The Hall–Kier alpha value is -2.39. The number of rotatable bonds is 3. The van der Waals surface area contributed by atoms with E-state index in [1.807, 2.05) is 12.1 Å². The van der Waals surface area contributed by atoms with E-state index in [1.54, 1.807) is 42.7 Å². The van der Waals surface area contributed by atoms with Crippen LogP contribution in [0.15, 0.2) is 59.3 Å². The number of nitrogens with zero attached hydrogens (tertiary/aromatic N) is 1. The van der Waals surface area contributed by atoms with Gasteiger partial charge in [-0.05, 0) is 48.0 Å². The minimum Gasteiger partial charge on any atom is -0.453 e. The maximum Gasteiger partial charge on any atom is 0.221 e. The summed E-state index contributed by atoms with van der Waals surface area (Å²) in [5.41, 5.74) is 1.51. The third-order valence-electron chi connectivity index (χ3n) is 2.83. The van der Waals surface area contributed by atoms with Crippen LogP contribution in [-0.4, -0.2) is 10.8 Å². The maximum absolute atomic E-state index is 12.0. The number of carbonyl (C=O) groups is 1. The Morgan fingerprint density at radius 3 is 2.95 bits per heavy atom. The van der Waals surface area contributed by atoms with Gasteiger partial charge < -0.3 is 4.42 Å². The van der Waals surface area contributed by atoms with E-state index < -0.39 is 0 Å². The lowest BCUT2D eigenvalue weighted by Gasteiger charge is -1.90. The number of benzene rings is 1. The molecule has 0 saturated carbocycles. The largest absolute Gasteiger partial charge is 0.453 e. The molecule has 0 spiro atoms. The van der Waals surface area contributed by atoms with Gasteiger partial charge in [0, 0.05) is 22.8 Å². The average Bonchev–Trinajstić information content (AvgIpc) is 2.89. The molecule has 0 unspecified atom stereocenters. The second-order valence-electron chi connectivity index (χ2n) is 4.28. The molecule has 0 saturated heterocycles. The SMILES string of the molecule is O=C(C=Cc1cccnc1)c1cc2cc(Cl)ccc2o1. The summed E-state index contributed by atoms with van der Waals surface area (Å²) in [4.78, 5) is 16.0. The normalized spacial score (nSPS) is 11.2. The van der Waals surface area contributed by atoms with Crippen LogP contribution in [0.5, 0.6) is 0 Å². The predicted octanol–water partition coefficient (Wildman–Crippen LogP) is 4.38. The summed E-state index contributed by atoms with van der Waals surface area (Å²) in [5.74, 6) is 0.101. The van der Waals surface area contributed by atoms with E-state index in [0.717, 1.165) is 10.9 Å². The van der Waals surface area contributed by atoms with Gasteiger partial charge in [0.15, 0.2) is 5.76 Å². The molecule has 0 amide bonds. The van der Waals surface area contributed by atoms with Crippen molar-refractivity contribution >= 4 is 34.4 Å². The highest BCUT2D eigenvalue weighted by Gasteiger charge is 2.09. The van der Waals surface area contributed by atoms with Crippen molar-refractivity contribution in [3.63, 3.8) is 0 Å². The summed E-state index contributed by atoms with van der Waals surface area (Å²) >= 11 is 5.90. The first kappa shape index (κ1) is 12.6. The van der Waals surface area contributed by atoms with Crippen molar-refractivity contribution in [3.05, 3.63) is 71.2 Å². The Labute approximate surface area is 120 Å². The molecule has 2 aromatic heterocycles. The number of fused-ring (bicyclic) bond motifs is 1. The minimum atomic E-state index is -0.193. The second kappa shape index (κ2) is 5.31. The molecule has 0 bridgehead atoms. The summed E-state index contributed by atoms with van der Waals surface area (Å²) in [6, 6.07) is 10.6. The number of halogens is 1. The Morgan fingerprint density at radius 2 is 2.15 bits per heavy atom. The van der Waals surface area contributed by atoms with Gasteiger partial charge in [-0.15, -0.1) is 0 Å². The highest BCUT2D eigenvalue weighted by molar-refractivity contribution is 6.31. The molecule has 0 atom stereocenters. The van der Waals surface area contributed by atoms with Crippen molar-refractivity contribution in [1.82, 2.24) is 4.98 Å². The summed E-state index contributed by atoms with van der Waals surface area (Å²) < 4.78 is 5.50. The predicted molar refractivity (Wildman–Crippen MR) is 78.8 cm³/mol. The molecule has 3 rings (SSSR count). The van der Waals surface area contributed by atoms with Crippen LogP contribution >= 0.6 is 11.6 Å². The molecular formula is C16H10ClNO2. The zero-order chi connectivity index (χ0) is 13.9. The Bertz CT molecular complexity index is 791. The standard InChI is InChI=1S/C16H10ClNO2/c17-13-4-6-15-12(8-13)9-16(20-15)14(19)5-3-11-2-1-7-18-10-11/h1-10H. The number of furan rings is 1. The van der Waals surface area contributed by atoms with Gasteiger partial charge in [-0.25, -0.2) is 0 Å². The van der Waals surface area contributed by atoms with E-state index >= 15 is 0 Å². The lowest BCUT2D eigenvalue weighted by Crippen LogP contribution is -1.90. The van der Waals surface area contributed by atoms with Crippen LogP contribution in [0.3, 0.4) is 0 Å². The molecule has 0 fully saturated rings. The first-order valence-corrected chi connectivity index (χ1v) is 6.42. The molecular weight excluding hydrogens is 274 g/mol. The van der Waals surface area contributed by atoms with Gasteiger partial charge >= 0.3 is 0 Å². The van der Waals surface area contributed by atoms with E-state index in [4.69, 9.17) is 16.0 Å². The summed E-state index contributed by atoms with van der Waals surface area (Å²) in [7, 11) is 0. The Kier molecular flexibility index (Phi) is 3.35. The van der Waals surface area contributed by atoms with Gasteiger partial charge in [0.2, 0.25) is 5.78 Å². The van der Waals surface area contributed by atoms with E-state index in [-0.39, 0.29) is 5.78 Å². The smallest absolute Gasteiger partial charge is 0.221 e. The number of hydrogen-bond donors (Lipinski definition) is 0. The molecule has 0 radical (unpaired) electrons. The van der Waals surface area contributed by atoms with Gasteiger partial charge in [0.05, 0.1) is 0 Å². The molecule has 0 aliphatic carbocycles. The van der Waals surface area contributed by atoms with Gasteiger partial charge in [-0.2, -0.15) is 0 Å². The van der Waals surface area contributed by atoms with Gasteiger partial charge in [-0.3, -0.25) is 9.78 Å². The van der Waals surface area contributed by atoms with Crippen LogP contribution in [0.1, 0.15) is 16.1 Å². The van der Waals surface area contributed by atoms with Crippen LogP contribution in [0.4, 0.5) is 0 Å². The van der Waals surface area contributed by atoms with E-state index in [1.165, 1.54) is 6.08 Å². The molecule has 20 heavy (non-hydrogen) atoms. The molecule has 0 N–H and O–H groups in total. The third kappa shape index (κ3) is 2.63. The molecule has 0 aliphatic heterocycles. The molecule has 98 valence electrons. The third-order valence-corrected chi connectivity index (χ3v) is 3.07. The number of allylic oxidation sites excluding steroid dienone is 1. The fourth-order valence-corrected chi connectivity index (χ4v) is 2.04. The molecule has 0 aliphatic rings. The summed E-state index contributed by atoms with van der Waals surface area (Å²) in [5, 5.41) is 1.43. The van der Waals surface area contributed by atoms with Crippen molar-refractivity contribution < 1.29 is 9.21 Å². The number of hydrogen-bond acceptors (Lipinski definition) is 3. The van der Waals surface area contributed by atoms with Crippen LogP contribution in [0.25, 0.3) is 17.0 Å².